The first kappa shape index (κ1) is 47.1. The number of aromatic nitrogens is 1. The van der Waals surface area contributed by atoms with E-state index in [1.54, 1.807) is 0 Å². The number of H-pyrrole nitrogens is 1. The van der Waals surface area contributed by atoms with Crippen LogP contribution >= 0.6 is 0 Å². The molecule has 3 aliphatic heterocycles. The summed E-state index contributed by atoms with van der Waals surface area (Å²) in [4.78, 5) is 3.09. The summed E-state index contributed by atoms with van der Waals surface area (Å²) in [6.45, 7) is 3.67. The summed E-state index contributed by atoms with van der Waals surface area (Å²) < 4.78 is 25.4. The molecule has 3 aromatic rings. The van der Waals surface area contributed by atoms with Gasteiger partial charge in [-0.2, -0.15) is 0 Å². The Morgan fingerprint density at radius 1 is 0.896 bits per heavy atom. The van der Waals surface area contributed by atoms with Crippen molar-refractivity contribution in [3.05, 3.63) is 81.7 Å². The van der Waals surface area contributed by atoms with Gasteiger partial charge in [-0.25, -0.2) is 0 Å². The van der Waals surface area contributed by atoms with Crippen LogP contribution in [0.3, 0.4) is 0 Å². The smallest absolute Gasteiger partial charge is 0.201 e. The van der Waals surface area contributed by atoms with Crippen molar-refractivity contribution < 1.29 is 49.6 Å². The van der Waals surface area contributed by atoms with Gasteiger partial charge in [0.25, 0.3) is 0 Å². The Bertz CT molecular complexity index is 2210. The molecule has 0 amide bonds. The highest BCUT2D eigenvalue weighted by molar-refractivity contribution is 5.64. The van der Waals surface area contributed by atoms with E-state index in [0.29, 0.717) is 67.3 Å². The van der Waals surface area contributed by atoms with Crippen LogP contribution in [0.15, 0.2) is 48.3 Å². The first-order chi connectivity index (χ1) is 32.5. The van der Waals surface area contributed by atoms with Gasteiger partial charge in [0.1, 0.15) is 5.75 Å². The molecule has 7 aliphatic rings. The van der Waals surface area contributed by atoms with E-state index in [-0.39, 0.29) is 53.4 Å². The second kappa shape index (κ2) is 20.0. The van der Waals surface area contributed by atoms with Crippen LogP contribution in [-0.2, 0) is 22.5 Å². The molecule has 14 unspecified atom stereocenters. The van der Waals surface area contributed by atoms with Crippen LogP contribution in [0.4, 0.5) is 0 Å². The lowest BCUT2D eigenvalue weighted by molar-refractivity contribution is -0.154. The standard InChI is InChI=1S/C55H76N2O10/c1-3-65-20-16-37-8-4-36-24-40-35(25-44(36)57-37)6-10-39-45(59)13-18-55(63)17-12-31(28-55)15-21-66-47-11-7-33(23-41(47)50(39)40)34-5-9-38-46(60)27-49(67-48(38)26-34)51-42(22-32-14-19-56-29-32)54(64-2)53(62)52(61)43(51)30-58/h7,11,14,19,23-24,29,31,34-35,37-40,44-46,48-50,56-63H,3-6,8-10,12-13,15-18,20-22,25-28,30H2,1-2H3. The maximum Gasteiger partial charge on any atom is 0.201 e. The maximum absolute atomic E-state index is 12.4. The predicted molar refractivity (Wildman–Crippen MR) is 254 cm³/mol. The monoisotopic (exact) mass is 925 g/mol. The Labute approximate surface area is 396 Å². The van der Waals surface area contributed by atoms with Crippen LogP contribution in [0.2, 0.25) is 0 Å². The lowest BCUT2D eigenvalue weighted by Crippen LogP contribution is -2.50. The molecule has 1 aromatic heterocycles. The minimum atomic E-state index is -0.718. The fourth-order valence-electron chi connectivity index (χ4n) is 14.5. The molecule has 2 aromatic carbocycles. The number of hydrogen-bond acceptors (Lipinski definition) is 11. The molecule has 8 N–H and O–H groups in total. The van der Waals surface area contributed by atoms with Gasteiger partial charge in [-0.1, -0.05) is 23.8 Å². The third-order valence-corrected chi connectivity index (χ3v) is 18.0. The first-order valence-corrected chi connectivity index (χ1v) is 26.0. The van der Waals surface area contributed by atoms with Crippen LogP contribution in [-0.4, -0.2) is 98.6 Å². The molecule has 0 radical (unpaired) electrons. The lowest BCUT2D eigenvalue weighted by atomic mass is 9.57. The molecule has 2 saturated heterocycles. The quantitative estimate of drug-likeness (QED) is 0.0555. The van der Waals surface area contributed by atoms with Gasteiger partial charge < -0.3 is 59.9 Å². The number of piperidine rings is 1. The van der Waals surface area contributed by atoms with Crippen molar-refractivity contribution in [2.75, 3.05) is 26.9 Å². The summed E-state index contributed by atoms with van der Waals surface area (Å²) in [5.74, 6) is 1.48. The average molecular weight is 925 g/mol. The Morgan fingerprint density at radius 2 is 1.75 bits per heavy atom. The normalized spacial score (nSPS) is 36.3. The number of phenolic OH excluding ortho intramolecular Hbond substituents is 1. The predicted octanol–water partition coefficient (Wildman–Crippen LogP) is 8.35. The van der Waals surface area contributed by atoms with Crippen LogP contribution in [0.1, 0.15) is 161 Å². The molecule has 2 bridgehead atoms. The van der Waals surface area contributed by atoms with Gasteiger partial charge in [0.2, 0.25) is 5.75 Å². The van der Waals surface area contributed by atoms with Crippen molar-refractivity contribution in [1.82, 2.24) is 10.3 Å². The summed E-state index contributed by atoms with van der Waals surface area (Å²) in [6, 6.07) is 9.63. The zero-order chi connectivity index (χ0) is 46.4. The van der Waals surface area contributed by atoms with E-state index < -0.39 is 42.0 Å². The second-order valence-corrected chi connectivity index (χ2v) is 21.7. The van der Waals surface area contributed by atoms with Crippen LogP contribution in [0.5, 0.6) is 23.0 Å². The number of allylic oxidation sites excluding steroid dienone is 1. The topological polar surface area (TPSA) is 186 Å². The van der Waals surface area contributed by atoms with Crippen molar-refractivity contribution in [2.45, 2.75) is 177 Å². The minimum absolute atomic E-state index is 0.0255. The van der Waals surface area contributed by atoms with Gasteiger partial charge in [-0.15, -0.1) is 0 Å². The number of aliphatic hydroxyl groups is 4. The fraction of sp³-hybridized carbons (Fsp3) is 0.673. The Balaban J connectivity index is 0.978. The number of hydrogen-bond donors (Lipinski definition) is 8. The third kappa shape index (κ3) is 9.42. The molecular formula is C55H76N2O10. The fourth-order valence-corrected chi connectivity index (χ4v) is 14.5. The van der Waals surface area contributed by atoms with Crippen molar-refractivity contribution in [3.63, 3.8) is 0 Å². The molecule has 10 rings (SSSR count). The van der Waals surface area contributed by atoms with E-state index in [4.69, 9.17) is 18.9 Å². The minimum Gasteiger partial charge on any atom is -0.504 e. The summed E-state index contributed by atoms with van der Waals surface area (Å²) in [5.41, 5.74) is 5.49. The number of rotatable bonds is 10. The molecule has 4 heterocycles. The molecule has 12 heteroatoms. The number of nitrogens with one attached hydrogen (secondary N) is 2. The van der Waals surface area contributed by atoms with E-state index >= 15 is 0 Å². The number of fused-ring (bicyclic) bond motifs is 9. The van der Waals surface area contributed by atoms with Gasteiger partial charge in [-0.05, 0) is 173 Å². The number of methoxy groups -OCH3 is 1. The van der Waals surface area contributed by atoms with Crippen molar-refractivity contribution >= 4 is 0 Å². The number of phenols is 2. The van der Waals surface area contributed by atoms with Gasteiger partial charge in [0, 0.05) is 67.6 Å². The number of aromatic hydroxyl groups is 2. The summed E-state index contributed by atoms with van der Waals surface area (Å²) in [5, 5.41) is 73.0. The molecule has 366 valence electrons. The van der Waals surface area contributed by atoms with Crippen molar-refractivity contribution in [3.8, 4) is 23.0 Å². The van der Waals surface area contributed by atoms with E-state index in [0.717, 1.165) is 102 Å². The number of benzene rings is 2. The third-order valence-electron chi connectivity index (χ3n) is 18.0. The Hall–Kier alpha value is -3.62. The number of aromatic amines is 1. The highest BCUT2D eigenvalue weighted by Crippen LogP contribution is 2.57. The number of ether oxygens (including phenoxy) is 4. The zero-order valence-electron chi connectivity index (χ0n) is 39.7. The van der Waals surface area contributed by atoms with Crippen LogP contribution < -0.4 is 14.8 Å². The van der Waals surface area contributed by atoms with E-state index in [1.807, 2.05) is 18.5 Å². The zero-order valence-corrected chi connectivity index (χ0v) is 39.7. The molecule has 3 saturated carbocycles. The SMILES string of the molecule is CCOCCC1CCC2=CC3C(CCC4C(O)CCC5(O)CCC(CCOc6ccc(C7CCC8C(O)CC(c9c(CO)c(O)c(O)c(OC)c9Cc9cc[nH]c9)OC8C7)cc6C34)C5)CC2N1. The van der Waals surface area contributed by atoms with Crippen LogP contribution in [0, 0.1) is 29.6 Å². The van der Waals surface area contributed by atoms with Gasteiger partial charge >= 0.3 is 0 Å². The summed E-state index contributed by atoms with van der Waals surface area (Å²) in [7, 11) is 1.46. The largest absolute Gasteiger partial charge is 0.504 e. The average Bonchev–Trinajstić information content (AvgIpc) is 4.00. The molecular weight excluding hydrogens is 849 g/mol. The summed E-state index contributed by atoms with van der Waals surface area (Å²) >= 11 is 0. The molecule has 14 atom stereocenters. The van der Waals surface area contributed by atoms with Crippen molar-refractivity contribution in [1.29, 1.82) is 0 Å². The highest BCUT2D eigenvalue weighted by Gasteiger charge is 2.49. The Kier molecular flexibility index (Phi) is 14.1. The molecule has 4 aliphatic carbocycles. The van der Waals surface area contributed by atoms with E-state index in [2.05, 4.69) is 41.5 Å². The maximum atomic E-state index is 12.4. The molecule has 67 heavy (non-hydrogen) atoms. The van der Waals surface area contributed by atoms with Crippen LogP contribution in [0.25, 0.3) is 0 Å². The molecule has 12 nitrogen and oxygen atoms in total. The molecule has 0 spiro atoms. The van der Waals surface area contributed by atoms with E-state index in [9.17, 15) is 30.6 Å². The highest BCUT2D eigenvalue weighted by atomic mass is 16.5. The summed E-state index contributed by atoms with van der Waals surface area (Å²) in [6.07, 6.45) is 18.2. The second-order valence-electron chi connectivity index (χ2n) is 21.7. The first-order valence-electron chi connectivity index (χ1n) is 26.0. The van der Waals surface area contributed by atoms with Gasteiger partial charge in [0.15, 0.2) is 11.5 Å². The van der Waals surface area contributed by atoms with Crippen molar-refractivity contribution in [2.24, 2.45) is 29.6 Å². The lowest BCUT2D eigenvalue weighted by Gasteiger charge is -2.50. The van der Waals surface area contributed by atoms with Gasteiger partial charge in [0.05, 0.1) is 50.3 Å². The van der Waals surface area contributed by atoms with Gasteiger partial charge in [-0.3, -0.25) is 0 Å². The van der Waals surface area contributed by atoms with E-state index in [1.165, 1.54) is 23.8 Å². The Morgan fingerprint density at radius 3 is 2.55 bits per heavy atom. The molecule has 5 fully saturated rings. The number of aliphatic hydroxyl groups excluding tert-OH is 3.